The van der Waals surface area contributed by atoms with Crippen molar-refractivity contribution in [2.24, 2.45) is 0 Å². The summed E-state index contributed by atoms with van der Waals surface area (Å²) < 4.78 is 22.7. The van der Waals surface area contributed by atoms with Crippen molar-refractivity contribution in [1.29, 1.82) is 0 Å². The molecular formula is C22H27FN8O2. The largest absolute Gasteiger partial charge is 0.494 e. The maximum Gasteiger partial charge on any atom is 0.223 e. The molecule has 4 heterocycles. The van der Waals surface area contributed by atoms with E-state index in [9.17, 15) is 9.50 Å². The Balaban J connectivity index is 1.46. The highest BCUT2D eigenvalue weighted by Crippen LogP contribution is 2.31. The Hall–Kier alpha value is -3.47. The minimum absolute atomic E-state index is 0.0776. The predicted molar refractivity (Wildman–Crippen MR) is 122 cm³/mol. The number of rotatable bonds is 5. The molecule has 1 aliphatic rings. The van der Waals surface area contributed by atoms with Gasteiger partial charge in [-0.2, -0.15) is 9.61 Å². The van der Waals surface area contributed by atoms with E-state index in [1.54, 1.807) is 18.5 Å². The van der Waals surface area contributed by atoms with Gasteiger partial charge < -0.3 is 20.5 Å². The van der Waals surface area contributed by atoms with Crippen LogP contribution >= 0.6 is 0 Å². The van der Waals surface area contributed by atoms with Gasteiger partial charge in [0.2, 0.25) is 5.95 Å². The SMILES string of the molecule is COc1cc2nc(N)n3nc([C@@H]4CCCN(c5cnn(CC(C)(C)O)c5)C4)nc3c2cc1F. The number of fused-ring (bicyclic) bond motifs is 3. The lowest BCUT2D eigenvalue weighted by Gasteiger charge is -2.32. The second kappa shape index (κ2) is 7.84. The van der Waals surface area contributed by atoms with Gasteiger partial charge >= 0.3 is 0 Å². The normalized spacial score (nSPS) is 17.2. The average molecular weight is 455 g/mol. The van der Waals surface area contributed by atoms with Crippen molar-refractivity contribution in [1.82, 2.24) is 29.4 Å². The molecule has 5 rings (SSSR count). The number of anilines is 2. The molecule has 0 saturated carbocycles. The molecular weight excluding hydrogens is 427 g/mol. The predicted octanol–water partition coefficient (Wildman–Crippen LogP) is 2.36. The zero-order valence-electron chi connectivity index (χ0n) is 18.9. The zero-order chi connectivity index (χ0) is 23.3. The van der Waals surface area contributed by atoms with Crippen LogP contribution in [0.15, 0.2) is 24.5 Å². The molecule has 3 aromatic heterocycles. The van der Waals surface area contributed by atoms with Crippen molar-refractivity contribution < 1.29 is 14.2 Å². The van der Waals surface area contributed by atoms with Crippen LogP contribution in [0.2, 0.25) is 0 Å². The van der Waals surface area contributed by atoms with Gasteiger partial charge in [0.05, 0.1) is 36.7 Å². The number of nitrogen functional groups attached to an aromatic ring is 1. The molecule has 0 amide bonds. The number of hydrogen-bond donors (Lipinski definition) is 2. The summed E-state index contributed by atoms with van der Waals surface area (Å²) >= 11 is 0. The summed E-state index contributed by atoms with van der Waals surface area (Å²) in [7, 11) is 1.41. The van der Waals surface area contributed by atoms with E-state index in [-0.39, 0.29) is 17.6 Å². The smallest absolute Gasteiger partial charge is 0.223 e. The third-order valence-electron chi connectivity index (χ3n) is 5.91. The second-order valence-electron chi connectivity index (χ2n) is 9.17. The first-order chi connectivity index (χ1) is 15.7. The van der Waals surface area contributed by atoms with Gasteiger partial charge in [0, 0.05) is 36.7 Å². The molecule has 1 saturated heterocycles. The van der Waals surface area contributed by atoms with E-state index >= 15 is 0 Å². The highest BCUT2D eigenvalue weighted by Gasteiger charge is 2.27. The molecule has 3 N–H and O–H groups in total. The quantitative estimate of drug-likeness (QED) is 0.472. The highest BCUT2D eigenvalue weighted by molar-refractivity contribution is 5.93. The molecule has 0 unspecified atom stereocenters. The van der Waals surface area contributed by atoms with Crippen molar-refractivity contribution in [2.45, 2.75) is 44.8 Å². The summed E-state index contributed by atoms with van der Waals surface area (Å²) in [6, 6.07) is 2.88. The van der Waals surface area contributed by atoms with E-state index in [0.29, 0.717) is 28.9 Å². The van der Waals surface area contributed by atoms with E-state index in [2.05, 4.69) is 20.1 Å². The number of methoxy groups -OCH3 is 1. The van der Waals surface area contributed by atoms with Crippen LogP contribution in [0.1, 0.15) is 38.4 Å². The number of ether oxygens (including phenoxy) is 1. The Morgan fingerprint density at radius 1 is 1.30 bits per heavy atom. The van der Waals surface area contributed by atoms with Crippen LogP contribution in [-0.4, -0.2) is 60.3 Å². The summed E-state index contributed by atoms with van der Waals surface area (Å²) in [6.07, 6.45) is 5.66. The lowest BCUT2D eigenvalue weighted by molar-refractivity contribution is 0.0577. The topological polar surface area (TPSA) is 120 Å². The van der Waals surface area contributed by atoms with E-state index in [0.717, 1.165) is 31.6 Å². The number of nitrogens with zero attached hydrogens (tertiary/aromatic N) is 7. The van der Waals surface area contributed by atoms with Crippen LogP contribution in [0.4, 0.5) is 16.0 Å². The standard InChI is InChI=1S/C22H27FN8O2/c1-22(2,32)12-30-11-14(9-25-30)29-6-4-5-13(10-29)19-27-20-15-7-16(23)18(33-3)8-17(15)26-21(24)31(20)28-19/h7-9,11,13,32H,4-6,10,12H2,1-3H3,(H2,24,26)/t13-/m1/s1. The average Bonchev–Trinajstić information content (AvgIpc) is 3.41. The number of benzene rings is 1. The van der Waals surface area contributed by atoms with Crippen LogP contribution in [0.5, 0.6) is 5.75 Å². The summed E-state index contributed by atoms with van der Waals surface area (Å²) in [5.41, 5.74) is 7.27. The van der Waals surface area contributed by atoms with E-state index in [1.807, 2.05) is 12.4 Å². The summed E-state index contributed by atoms with van der Waals surface area (Å²) in [5, 5.41) is 19.6. The van der Waals surface area contributed by atoms with Gasteiger partial charge in [-0.1, -0.05) is 0 Å². The monoisotopic (exact) mass is 454 g/mol. The number of hydrogen-bond acceptors (Lipinski definition) is 8. The van der Waals surface area contributed by atoms with Gasteiger partial charge in [-0.25, -0.2) is 14.4 Å². The van der Waals surface area contributed by atoms with Crippen molar-refractivity contribution >= 4 is 28.2 Å². The minimum atomic E-state index is -0.839. The van der Waals surface area contributed by atoms with Gasteiger partial charge in [0.25, 0.3) is 0 Å². The molecule has 1 fully saturated rings. The molecule has 1 atom stereocenters. The summed E-state index contributed by atoms with van der Waals surface area (Å²) in [4.78, 5) is 11.4. The second-order valence-corrected chi connectivity index (χ2v) is 9.17. The lowest BCUT2D eigenvalue weighted by Crippen LogP contribution is -2.34. The molecule has 33 heavy (non-hydrogen) atoms. The van der Waals surface area contributed by atoms with E-state index < -0.39 is 11.4 Å². The van der Waals surface area contributed by atoms with Gasteiger partial charge in [-0.05, 0) is 32.8 Å². The van der Waals surface area contributed by atoms with Crippen molar-refractivity contribution in [2.75, 3.05) is 30.8 Å². The third-order valence-corrected chi connectivity index (χ3v) is 5.91. The summed E-state index contributed by atoms with van der Waals surface area (Å²) in [5.74, 6) is 0.529. The van der Waals surface area contributed by atoms with E-state index in [4.69, 9.17) is 15.5 Å². The Bertz CT molecular complexity index is 1330. The summed E-state index contributed by atoms with van der Waals surface area (Å²) in [6.45, 7) is 5.55. The maximum atomic E-state index is 14.4. The Labute approximate surface area is 189 Å². The van der Waals surface area contributed by atoms with Crippen molar-refractivity contribution in [3.8, 4) is 5.75 Å². The van der Waals surface area contributed by atoms with E-state index in [1.165, 1.54) is 23.8 Å². The molecule has 0 spiro atoms. The van der Waals surface area contributed by atoms with Crippen LogP contribution < -0.4 is 15.4 Å². The van der Waals surface area contributed by atoms with Crippen LogP contribution in [-0.2, 0) is 6.54 Å². The molecule has 0 aliphatic carbocycles. The first kappa shape index (κ1) is 21.4. The molecule has 0 bridgehead atoms. The number of aromatic nitrogens is 6. The van der Waals surface area contributed by atoms with Crippen LogP contribution in [0.3, 0.4) is 0 Å². The van der Waals surface area contributed by atoms with Gasteiger partial charge in [-0.15, -0.1) is 5.10 Å². The first-order valence-electron chi connectivity index (χ1n) is 10.9. The number of aliphatic hydroxyl groups is 1. The van der Waals surface area contributed by atoms with Gasteiger partial charge in [0.15, 0.2) is 23.0 Å². The fourth-order valence-electron chi connectivity index (χ4n) is 4.40. The van der Waals surface area contributed by atoms with Gasteiger partial charge in [-0.3, -0.25) is 4.68 Å². The van der Waals surface area contributed by atoms with Crippen LogP contribution in [0, 0.1) is 5.82 Å². The molecule has 1 aliphatic heterocycles. The Morgan fingerprint density at radius 2 is 2.12 bits per heavy atom. The maximum absolute atomic E-state index is 14.4. The molecule has 11 heteroatoms. The molecule has 0 radical (unpaired) electrons. The van der Waals surface area contributed by atoms with Crippen molar-refractivity contribution in [3.63, 3.8) is 0 Å². The van der Waals surface area contributed by atoms with Gasteiger partial charge in [0.1, 0.15) is 0 Å². The molecule has 174 valence electrons. The molecule has 10 nitrogen and oxygen atoms in total. The Morgan fingerprint density at radius 3 is 2.88 bits per heavy atom. The molecule has 1 aromatic carbocycles. The lowest BCUT2D eigenvalue weighted by atomic mass is 9.97. The number of halogens is 1. The highest BCUT2D eigenvalue weighted by atomic mass is 19.1. The number of piperidine rings is 1. The first-order valence-corrected chi connectivity index (χ1v) is 10.9. The fourth-order valence-corrected chi connectivity index (χ4v) is 4.40. The molecule has 4 aromatic rings. The third kappa shape index (κ3) is 4.04. The fraction of sp³-hybridized carbons (Fsp3) is 0.455. The van der Waals surface area contributed by atoms with Crippen LogP contribution in [0.25, 0.3) is 16.6 Å². The zero-order valence-corrected chi connectivity index (χ0v) is 18.9. The number of nitrogens with two attached hydrogens (primary N) is 1. The van der Waals surface area contributed by atoms with Crippen molar-refractivity contribution in [3.05, 3.63) is 36.2 Å². The minimum Gasteiger partial charge on any atom is -0.494 e. The Kier molecular flexibility index (Phi) is 5.08.